The summed E-state index contributed by atoms with van der Waals surface area (Å²) in [5.41, 5.74) is 0.795. The highest BCUT2D eigenvalue weighted by Gasteiger charge is 2.26. The molecule has 2 aromatic heterocycles. The molecule has 0 aromatic carbocycles. The number of rotatable bonds is 7. The smallest absolute Gasteiger partial charge is 0.265 e. The van der Waals surface area contributed by atoms with Crippen LogP contribution in [-0.4, -0.2) is 44.7 Å². The maximum atomic E-state index is 12.5. The van der Waals surface area contributed by atoms with E-state index in [-0.39, 0.29) is 18.1 Å². The van der Waals surface area contributed by atoms with E-state index in [2.05, 4.69) is 31.8 Å². The molecule has 140 valence electrons. The largest absolute Gasteiger partial charge is 0.480 e. The zero-order valence-electron chi connectivity index (χ0n) is 15.0. The molecule has 0 atom stereocenters. The molecule has 3 rings (SSSR count). The van der Waals surface area contributed by atoms with Crippen LogP contribution in [0.2, 0.25) is 0 Å². The maximum absolute atomic E-state index is 12.5. The van der Waals surface area contributed by atoms with Crippen molar-refractivity contribution in [3.05, 3.63) is 23.0 Å². The first-order valence-corrected chi connectivity index (χ1v) is 9.61. The first kappa shape index (κ1) is 18.5. The number of methoxy groups -OCH3 is 1. The van der Waals surface area contributed by atoms with Crippen molar-refractivity contribution in [2.75, 3.05) is 7.11 Å². The van der Waals surface area contributed by atoms with Gasteiger partial charge in [0.2, 0.25) is 11.8 Å². The molecule has 1 aliphatic carbocycles. The molecule has 1 fully saturated rings. The van der Waals surface area contributed by atoms with Gasteiger partial charge in [-0.2, -0.15) is 4.98 Å². The topological polar surface area (TPSA) is 99.1 Å². The van der Waals surface area contributed by atoms with Crippen LogP contribution in [0.5, 0.6) is 11.8 Å². The van der Waals surface area contributed by atoms with Crippen molar-refractivity contribution >= 4 is 17.4 Å². The van der Waals surface area contributed by atoms with Crippen LogP contribution < -0.4 is 14.8 Å². The van der Waals surface area contributed by atoms with Crippen molar-refractivity contribution in [2.45, 2.75) is 57.6 Å². The molecule has 1 N–H and O–H groups in total. The van der Waals surface area contributed by atoms with Crippen molar-refractivity contribution in [1.82, 2.24) is 24.9 Å². The van der Waals surface area contributed by atoms with E-state index in [4.69, 9.17) is 9.47 Å². The average molecular weight is 377 g/mol. The van der Waals surface area contributed by atoms with Gasteiger partial charge >= 0.3 is 0 Å². The van der Waals surface area contributed by atoms with E-state index in [9.17, 15) is 4.79 Å². The Hall–Kier alpha value is -2.29. The number of ether oxygens (including phenoxy) is 2. The number of carbonyl (C=O) groups excluding carboxylic acids is 1. The van der Waals surface area contributed by atoms with E-state index < -0.39 is 0 Å². The van der Waals surface area contributed by atoms with Crippen LogP contribution in [0.4, 0.5) is 0 Å². The summed E-state index contributed by atoms with van der Waals surface area (Å²) in [6.45, 7) is 2.06. The summed E-state index contributed by atoms with van der Waals surface area (Å²) in [5.74, 6) is 0.841. The molecule has 1 aliphatic rings. The first-order valence-electron chi connectivity index (χ1n) is 8.84. The summed E-state index contributed by atoms with van der Waals surface area (Å²) in [6, 6.07) is 0.148. The molecule has 0 aliphatic heterocycles. The highest BCUT2D eigenvalue weighted by molar-refractivity contribution is 7.08. The van der Waals surface area contributed by atoms with Crippen molar-refractivity contribution in [2.24, 2.45) is 0 Å². The van der Waals surface area contributed by atoms with Gasteiger partial charge in [0.15, 0.2) is 0 Å². The third-order valence-electron chi connectivity index (χ3n) is 4.35. The van der Waals surface area contributed by atoms with E-state index >= 15 is 0 Å². The van der Waals surface area contributed by atoms with E-state index in [1.165, 1.54) is 11.5 Å². The number of carbonyl (C=O) groups is 1. The standard InChI is InChI=1S/C17H23N5O3S/c1-3-4-13-16(26-22-21-13)17(23)19-11-5-7-12(8-6-11)25-15-10-18-9-14(20-15)24-2/h9-12H,3-8H2,1-2H3,(H,19,23). The second-order valence-corrected chi connectivity index (χ2v) is 7.02. The Morgan fingerprint density at radius 2 is 2.04 bits per heavy atom. The third kappa shape index (κ3) is 4.66. The summed E-state index contributed by atoms with van der Waals surface area (Å²) in [7, 11) is 1.55. The average Bonchev–Trinajstić information content (AvgIpc) is 3.12. The number of hydrogen-bond acceptors (Lipinski definition) is 8. The number of amides is 1. The van der Waals surface area contributed by atoms with Gasteiger partial charge in [0.1, 0.15) is 11.0 Å². The summed E-state index contributed by atoms with van der Waals surface area (Å²) in [5, 5.41) is 7.17. The Labute approximate surface area is 156 Å². The van der Waals surface area contributed by atoms with Crippen LogP contribution >= 0.6 is 11.5 Å². The Morgan fingerprint density at radius 3 is 2.77 bits per heavy atom. The number of hydrogen-bond donors (Lipinski definition) is 1. The van der Waals surface area contributed by atoms with E-state index in [1.54, 1.807) is 19.5 Å². The Bertz CT molecular complexity index is 731. The lowest BCUT2D eigenvalue weighted by atomic mass is 9.93. The minimum absolute atomic E-state index is 0.0634. The van der Waals surface area contributed by atoms with Gasteiger partial charge in [-0.15, -0.1) is 5.10 Å². The molecule has 0 spiro atoms. The maximum Gasteiger partial charge on any atom is 0.265 e. The van der Waals surface area contributed by atoms with Crippen LogP contribution in [0.25, 0.3) is 0 Å². The molecule has 2 aromatic rings. The second kappa shape index (κ2) is 8.88. The number of nitrogens with zero attached hydrogens (tertiary/aromatic N) is 4. The van der Waals surface area contributed by atoms with Gasteiger partial charge in [0, 0.05) is 6.04 Å². The number of aromatic nitrogens is 4. The second-order valence-electron chi connectivity index (χ2n) is 6.26. The molecule has 0 bridgehead atoms. The minimum Gasteiger partial charge on any atom is -0.480 e. The quantitative estimate of drug-likeness (QED) is 0.791. The molecule has 0 saturated heterocycles. The van der Waals surface area contributed by atoms with Crippen molar-refractivity contribution < 1.29 is 14.3 Å². The van der Waals surface area contributed by atoms with Gasteiger partial charge in [-0.25, -0.2) is 0 Å². The van der Waals surface area contributed by atoms with Gasteiger partial charge in [-0.3, -0.25) is 9.78 Å². The summed E-state index contributed by atoms with van der Waals surface area (Å²) < 4.78 is 14.9. The van der Waals surface area contributed by atoms with Crippen LogP contribution in [0.3, 0.4) is 0 Å². The summed E-state index contributed by atoms with van der Waals surface area (Å²) in [4.78, 5) is 21.4. The zero-order valence-corrected chi connectivity index (χ0v) is 15.8. The van der Waals surface area contributed by atoms with E-state index in [0.717, 1.165) is 44.2 Å². The van der Waals surface area contributed by atoms with E-state index in [1.807, 2.05) is 0 Å². The van der Waals surface area contributed by atoms with E-state index in [0.29, 0.717) is 16.6 Å². The van der Waals surface area contributed by atoms with Gasteiger partial charge < -0.3 is 14.8 Å². The number of nitrogens with one attached hydrogen (secondary N) is 1. The van der Waals surface area contributed by atoms with Gasteiger partial charge in [0.05, 0.1) is 25.2 Å². The van der Waals surface area contributed by atoms with Crippen molar-refractivity contribution in [3.63, 3.8) is 0 Å². The van der Waals surface area contributed by atoms with Crippen LogP contribution in [0.15, 0.2) is 12.4 Å². The molecule has 1 amide bonds. The van der Waals surface area contributed by atoms with Crippen LogP contribution in [-0.2, 0) is 6.42 Å². The van der Waals surface area contributed by atoms with Gasteiger partial charge in [-0.05, 0) is 43.6 Å². The third-order valence-corrected chi connectivity index (χ3v) is 5.11. The molecule has 2 heterocycles. The van der Waals surface area contributed by atoms with Gasteiger partial charge in [-0.1, -0.05) is 17.8 Å². The zero-order chi connectivity index (χ0) is 18.4. The molecule has 26 heavy (non-hydrogen) atoms. The normalized spacial score (nSPS) is 19.8. The lowest BCUT2D eigenvalue weighted by molar-refractivity contribution is 0.0892. The van der Waals surface area contributed by atoms with Crippen molar-refractivity contribution in [3.8, 4) is 11.8 Å². The highest BCUT2D eigenvalue weighted by Crippen LogP contribution is 2.24. The summed E-state index contributed by atoms with van der Waals surface area (Å²) in [6.07, 6.45) is 8.36. The molecular weight excluding hydrogens is 354 g/mol. The monoisotopic (exact) mass is 377 g/mol. The SMILES string of the molecule is CCCc1nnsc1C(=O)NC1CCC(Oc2cncc(OC)n2)CC1. The fourth-order valence-electron chi connectivity index (χ4n) is 3.01. The molecule has 8 nitrogen and oxygen atoms in total. The predicted molar refractivity (Wildman–Crippen MR) is 96.6 cm³/mol. The molecule has 0 unspecified atom stereocenters. The van der Waals surface area contributed by atoms with Crippen LogP contribution in [0.1, 0.15) is 54.4 Å². The summed E-state index contributed by atoms with van der Waals surface area (Å²) >= 11 is 1.17. The minimum atomic E-state index is -0.0634. The van der Waals surface area contributed by atoms with Gasteiger partial charge in [0.25, 0.3) is 5.91 Å². The molecule has 1 saturated carbocycles. The Kier molecular flexibility index (Phi) is 6.32. The predicted octanol–water partition coefficient (Wildman–Crippen LogP) is 2.41. The number of aryl methyl sites for hydroxylation is 1. The Morgan fingerprint density at radius 1 is 1.27 bits per heavy atom. The lowest BCUT2D eigenvalue weighted by Gasteiger charge is -2.29. The highest BCUT2D eigenvalue weighted by atomic mass is 32.1. The fourth-order valence-corrected chi connectivity index (χ4v) is 3.63. The fraction of sp³-hybridized carbons (Fsp3) is 0.588. The Balaban J connectivity index is 1.49. The van der Waals surface area contributed by atoms with Crippen LogP contribution in [0, 0.1) is 0 Å². The van der Waals surface area contributed by atoms with Crippen molar-refractivity contribution in [1.29, 1.82) is 0 Å². The lowest BCUT2D eigenvalue weighted by Crippen LogP contribution is -2.39. The molecular formula is C17H23N5O3S. The molecule has 0 radical (unpaired) electrons. The molecule has 9 heteroatoms. The first-order chi connectivity index (χ1) is 12.7.